The standard InChI is InChI=1S/C23H22N2O4/c1-28-21-9-8-19(25-23(27)18-10-11-29-14-18)12-20(21)16-4-6-17(7-5-16)22(26)24-13-15-2-3-15/h4-12,14-15H,2-3,13H2,1H3,(H,24,26)(H,25,27). The largest absolute Gasteiger partial charge is 0.496 e. The van der Waals surface area contributed by atoms with Crippen molar-refractivity contribution in [2.24, 2.45) is 5.92 Å². The molecule has 6 nitrogen and oxygen atoms in total. The van der Waals surface area contributed by atoms with E-state index in [2.05, 4.69) is 10.6 Å². The van der Waals surface area contributed by atoms with Gasteiger partial charge in [-0.2, -0.15) is 0 Å². The molecular formula is C23H22N2O4. The van der Waals surface area contributed by atoms with Gasteiger partial charge in [0.05, 0.1) is 18.9 Å². The molecule has 6 heteroatoms. The van der Waals surface area contributed by atoms with Gasteiger partial charge in [0, 0.05) is 23.4 Å². The summed E-state index contributed by atoms with van der Waals surface area (Å²) in [6.07, 6.45) is 5.25. The second-order valence-corrected chi connectivity index (χ2v) is 7.11. The zero-order valence-corrected chi connectivity index (χ0v) is 16.1. The number of carbonyl (C=O) groups excluding carboxylic acids is 2. The van der Waals surface area contributed by atoms with Crippen molar-refractivity contribution in [2.45, 2.75) is 12.8 Å². The highest BCUT2D eigenvalue weighted by atomic mass is 16.5. The molecule has 2 N–H and O–H groups in total. The van der Waals surface area contributed by atoms with Crippen molar-refractivity contribution in [3.63, 3.8) is 0 Å². The Morgan fingerprint density at radius 2 is 1.83 bits per heavy atom. The van der Waals surface area contributed by atoms with Crippen LogP contribution in [0, 0.1) is 5.92 Å². The van der Waals surface area contributed by atoms with Crippen LogP contribution in [0.4, 0.5) is 5.69 Å². The lowest BCUT2D eigenvalue weighted by Gasteiger charge is -2.12. The third-order valence-electron chi connectivity index (χ3n) is 4.95. The second kappa shape index (κ2) is 8.22. The minimum absolute atomic E-state index is 0.0588. The van der Waals surface area contributed by atoms with Gasteiger partial charge < -0.3 is 19.8 Å². The van der Waals surface area contributed by atoms with Gasteiger partial charge in [-0.25, -0.2) is 0 Å². The van der Waals surface area contributed by atoms with Gasteiger partial charge >= 0.3 is 0 Å². The van der Waals surface area contributed by atoms with E-state index in [1.54, 1.807) is 37.4 Å². The van der Waals surface area contributed by atoms with E-state index in [4.69, 9.17) is 9.15 Å². The average Bonchev–Trinajstić information content (AvgIpc) is 3.42. The molecule has 148 valence electrons. The van der Waals surface area contributed by atoms with Crippen LogP contribution in [0.1, 0.15) is 33.6 Å². The fourth-order valence-electron chi connectivity index (χ4n) is 3.07. The van der Waals surface area contributed by atoms with Crippen molar-refractivity contribution in [3.05, 3.63) is 72.2 Å². The molecule has 1 saturated carbocycles. The number of hydrogen-bond donors (Lipinski definition) is 2. The van der Waals surface area contributed by atoms with Crippen molar-refractivity contribution < 1.29 is 18.7 Å². The van der Waals surface area contributed by atoms with Gasteiger partial charge in [0.15, 0.2) is 0 Å². The molecule has 29 heavy (non-hydrogen) atoms. The van der Waals surface area contributed by atoms with Crippen LogP contribution in [0.3, 0.4) is 0 Å². The minimum atomic E-state index is -0.252. The molecule has 0 bridgehead atoms. The van der Waals surface area contributed by atoms with Crippen molar-refractivity contribution >= 4 is 17.5 Å². The summed E-state index contributed by atoms with van der Waals surface area (Å²) in [5.74, 6) is 1.01. The number of ether oxygens (including phenoxy) is 1. The van der Waals surface area contributed by atoms with Crippen LogP contribution in [0.5, 0.6) is 5.75 Å². The summed E-state index contributed by atoms with van der Waals surface area (Å²) in [6, 6.07) is 14.4. The van der Waals surface area contributed by atoms with E-state index < -0.39 is 0 Å². The first-order valence-electron chi connectivity index (χ1n) is 9.54. The summed E-state index contributed by atoms with van der Waals surface area (Å²) in [4.78, 5) is 24.5. The number of nitrogens with one attached hydrogen (secondary N) is 2. The van der Waals surface area contributed by atoms with Crippen molar-refractivity contribution in [2.75, 3.05) is 19.0 Å². The zero-order valence-electron chi connectivity index (χ0n) is 16.1. The fraction of sp³-hybridized carbons (Fsp3) is 0.217. The number of amides is 2. The zero-order chi connectivity index (χ0) is 20.2. The molecule has 2 aromatic carbocycles. The lowest BCUT2D eigenvalue weighted by atomic mass is 10.0. The maximum atomic E-state index is 12.3. The summed E-state index contributed by atoms with van der Waals surface area (Å²) in [5, 5.41) is 5.82. The van der Waals surface area contributed by atoms with Crippen LogP contribution >= 0.6 is 0 Å². The van der Waals surface area contributed by atoms with Gasteiger partial charge in [0.25, 0.3) is 11.8 Å². The molecule has 4 rings (SSSR count). The molecule has 0 atom stereocenters. The van der Waals surface area contributed by atoms with E-state index in [-0.39, 0.29) is 11.8 Å². The highest BCUT2D eigenvalue weighted by Gasteiger charge is 2.21. The highest BCUT2D eigenvalue weighted by molar-refractivity contribution is 6.04. The van der Waals surface area contributed by atoms with Crippen LogP contribution in [-0.4, -0.2) is 25.5 Å². The van der Waals surface area contributed by atoms with E-state index in [1.165, 1.54) is 25.4 Å². The SMILES string of the molecule is COc1ccc(NC(=O)c2ccoc2)cc1-c1ccc(C(=O)NCC2CC2)cc1. The van der Waals surface area contributed by atoms with Crippen LogP contribution in [0.2, 0.25) is 0 Å². The predicted octanol–water partition coefficient (Wildman–Crippen LogP) is 4.35. The molecule has 0 spiro atoms. The normalized spacial score (nSPS) is 13.0. The first-order valence-corrected chi connectivity index (χ1v) is 9.54. The monoisotopic (exact) mass is 390 g/mol. The molecular weight excluding hydrogens is 368 g/mol. The fourth-order valence-corrected chi connectivity index (χ4v) is 3.07. The van der Waals surface area contributed by atoms with E-state index in [0.29, 0.717) is 28.5 Å². The van der Waals surface area contributed by atoms with Gasteiger partial charge in [-0.1, -0.05) is 12.1 Å². The first kappa shape index (κ1) is 18.8. The van der Waals surface area contributed by atoms with Crippen LogP contribution in [0.15, 0.2) is 65.5 Å². The van der Waals surface area contributed by atoms with Crippen LogP contribution in [0.25, 0.3) is 11.1 Å². The third kappa shape index (κ3) is 4.48. The lowest BCUT2D eigenvalue weighted by molar-refractivity contribution is 0.0951. The van der Waals surface area contributed by atoms with E-state index in [1.807, 2.05) is 18.2 Å². The Hall–Kier alpha value is -3.54. The van der Waals surface area contributed by atoms with Crippen molar-refractivity contribution in [1.29, 1.82) is 0 Å². The smallest absolute Gasteiger partial charge is 0.258 e. The van der Waals surface area contributed by atoms with Gasteiger partial charge in [-0.05, 0) is 60.7 Å². The molecule has 0 saturated heterocycles. The first-order chi connectivity index (χ1) is 14.1. The summed E-state index contributed by atoms with van der Waals surface area (Å²) in [7, 11) is 1.60. The van der Waals surface area contributed by atoms with E-state index >= 15 is 0 Å². The number of hydrogen-bond acceptors (Lipinski definition) is 4. The Labute approximate surface area is 168 Å². The Kier molecular flexibility index (Phi) is 5.33. The van der Waals surface area contributed by atoms with E-state index in [0.717, 1.165) is 17.7 Å². The predicted molar refractivity (Wildman–Crippen MR) is 110 cm³/mol. The topological polar surface area (TPSA) is 80.6 Å². The Morgan fingerprint density at radius 1 is 1.03 bits per heavy atom. The molecule has 3 aromatic rings. The van der Waals surface area contributed by atoms with Gasteiger partial charge in [-0.3, -0.25) is 9.59 Å². The Balaban J connectivity index is 1.52. The molecule has 1 aliphatic rings. The maximum Gasteiger partial charge on any atom is 0.258 e. The number of benzene rings is 2. The number of rotatable bonds is 7. The van der Waals surface area contributed by atoms with E-state index in [9.17, 15) is 9.59 Å². The average molecular weight is 390 g/mol. The van der Waals surface area contributed by atoms with Crippen LogP contribution in [-0.2, 0) is 0 Å². The molecule has 1 fully saturated rings. The van der Waals surface area contributed by atoms with Crippen LogP contribution < -0.4 is 15.4 Å². The molecule has 1 heterocycles. The summed E-state index contributed by atoms with van der Waals surface area (Å²) >= 11 is 0. The summed E-state index contributed by atoms with van der Waals surface area (Å²) in [6.45, 7) is 0.743. The third-order valence-corrected chi connectivity index (χ3v) is 4.95. The van der Waals surface area contributed by atoms with Gasteiger partial charge in [0.2, 0.25) is 0 Å². The quantitative estimate of drug-likeness (QED) is 0.629. The minimum Gasteiger partial charge on any atom is -0.496 e. The second-order valence-electron chi connectivity index (χ2n) is 7.11. The number of furan rings is 1. The van der Waals surface area contributed by atoms with Gasteiger partial charge in [-0.15, -0.1) is 0 Å². The molecule has 0 unspecified atom stereocenters. The van der Waals surface area contributed by atoms with Gasteiger partial charge in [0.1, 0.15) is 12.0 Å². The molecule has 0 aliphatic heterocycles. The Morgan fingerprint density at radius 3 is 2.48 bits per heavy atom. The Bertz CT molecular complexity index is 1010. The van der Waals surface area contributed by atoms with Crippen molar-refractivity contribution in [3.8, 4) is 16.9 Å². The molecule has 2 amide bonds. The molecule has 1 aliphatic carbocycles. The number of anilines is 1. The molecule has 1 aromatic heterocycles. The number of carbonyl (C=O) groups is 2. The highest BCUT2D eigenvalue weighted by Crippen LogP contribution is 2.33. The lowest BCUT2D eigenvalue weighted by Crippen LogP contribution is -2.25. The number of methoxy groups -OCH3 is 1. The van der Waals surface area contributed by atoms with Crippen molar-refractivity contribution in [1.82, 2.24) is 5.32 Å². The summed E-state index contributed by atoms with van der Waals surface area (Å²) < 4.78 is 10.4. The summed E-state index contributed by atoms with van der Waals surface area (Å²) in [5.41, 5.74) is 3.42. The molecule has 0 radical (unpaired) electrons. The maximum absolute atomic E-state index is 12.3.